The van der Waals surface area contributed by atoms with Gasteiger partial charge in [0.25, 0.3) is 0 Å². The summed E-state index contributed by atoms with van der Waals surface area (Å²) in [5.74, 6) is -0.0743. The van der Waals surface area contributed by atoms with Gasteiger partial charge < -0.3 is 0 Å². The number of Topliss-reactive ketones (excluding diaryl/α,β-unsaturated/α-hetero) is 1. The maximum Gasteiger partial charge on any atom is 0.187 e. The Balaban J connectivity index is 2.21. The van der Waals surface area contributed by atoms with Crippen LogP contribution in [-0.2, 0) is 13.5 Å². The van der Waals surface area contributed by atoms with E-state index in [9.17, 15) is 4.79 Å². The number of benzene rings is 1. The second-order valence-corrected chi connectivity index (χ2v) is 4.55. The fourth-order valence-corrected chi connectivity index (χ4v) is 1.89. The van der Waals surface area contributed by atoms with Crippen LogP contribution in [0.3, 0.4) is 0 Å². The Hall–Kier alpha value is -1.32. The van der Waals surface area contributed by atoms with E-state index in [-0.39, 0.29) is 12.2 Å². The van der Waals surface area contributed by atoms with Gasteiger partial charge in [-0.1, -0.05) is 23.2 Å². The zero-order valence-corrected chi connectivity index (χ0v) is 10.7. The van der Waals surface area contributed by atoms with Crippen molar-refractivity contribution < 1.29 is 4.79 Å². The van der Waals surface area contributed by atoms with Crippen LogP contribution >= 0.6 is 23.2 Å². The van der Waals surface area contributed by atoms with Gasteiger partial charge in [0.2, 0.25) is 0 Å². The summed E-state index contributed by atoms with van der Waals surface area (Å²) in [6, 6.07) is 6.76. The monoisotopic (exact) mass is 268 g/mol. The van der Waals surface area contributed by atoms with E-state index in [1.807, 2.05) is 0 Å². The molecular weight excluding hydrogens is 259 g/mol. The Morgan fingerprint density at radius 1 is 1.35 bits per heavy atom. The van der Waals surface area contributed by atoms with Crippen LogP contribution < -0.4 is 0 Å². The number of carbonyl (C=O) groups excluding carboxylic acids is 1. The minimum atomic E-state index is -0.0743. The first-order valence-corrected chi connectivity index (χ1v) is 5.78. The van der Waals surface area contributed by atoms with Gasteiger partial charge >= 0.3 is 0 Å². The third-order valence-corrected chi connectivity index (χ3v) is 2.96. The molecule has 0 fully saturated rings. The lowest BCUT2D eigenvalue weighted by molar-refractivity contribution is 0.0987. The predicted molar refractivity (Wildman–Crippen MR) is 67.7 cm³/mol. The normalized spacial score (nSPS) is 10.5. The van der Waals surface area contributed by atoms with Crippen molar-refractivity contribution in [3.8, 4) is 0 Å². The zero-order chi connectivity index (χ0) is 12.4. The van der Waals surface area contributed by atoms with E-state index in [4.69, 9.17) is 23.2 Å². The Kier molecular flexibility index (Phi) is 3.50. The van der Waals surface area contributed by atoms with Crippen LogP contribution in [0.2, 0.25) is 10.0 Å². The highest BCUT2D eigenvalue weighted by Gasteiger charge is 2.12. The van der Waals surface area contributed by atoms with E-state index >= 15 is 0 Å². The van der Waals surface area contributed by atoms with Crippen LogP contribution in [0.1, 0.15) is 16.1 Å². The Labute approximate surface area is 109 Å². The van der Waals surface area contributed by atoms with Gasteiger partial charge in [-0.3, -0.25) is 9.48 Å². The SMILES string of the molecule is Cn1ccc(C(=O)Cc2cc(Cl)ccc2Cl)n1. The smallest absolute Gasteiger partial charge is 0.187 e. The van der Waals surface area contributed by atoms with Gasteiger partial charge in [0, 0.05) is 29.7 Å². The highest BCUT2D eigenvalue weighted by Crippen LogP contribution is 2.21. The van der Waals surface area contributed by atoms with Crippen molar-refractivity contribution in [1.82, 2.24) is 9.78 Å². The number of aromatic nitrogens is 2. The molecular formula is C12H10Cl2N2O. The van der Waals surface area contributed by atoms with Gasteiger partial charge in [0.1, 0.15) is 5.69 Å². The van der Waals surface area contributed by atoms with Gasteiger partial charge in [0.05, 0.1) is 0 Å². The topological polar surface area (TPSA) is 34.9 Å². The molecule has 0 saturated heterocycles. The quantitative estimate of drug-likeness (QED) is 0.802. The number of nitrogens with zero attached hydrogens (tertiary/aromatic N) is 2. The minimum Gasteiger partial charge on any atom is -0.292 e. The highest BCUT2D eigenvalue weighted by atomic mass is 35.5. The standard InChI is InChI=1S/C12H10Cl2N2O/c1-16-5-4-11(15-16)12(17)7-8-6-9(13)2-3-10(8)14/h2-6H,7H2,1H3. The van der Waals surface area contributed by atoms with Crippen LogP contribution in [0.15, 0.2) is 30.5 Å². The number of ketones is 1. The van der Waals surface area contributed by atoms with Gasteiger partial charge in [-0.05, 0) is 29.8 Å². The first-order valence-electron chi connectivity index (χ1n) is 5.03. The lowest BCUT2D eigenvalue weighted by Gasteiger charge is -2.02. The molecule has 17 heavy (non-hydrogen) atoms. The van der Waals surface area contributed by atoms with Crippen molar-refractivity contribution in [3.05, 3.63) is 51.8 Å². The largest absolute Gasteiger partial charge is 0.292 e. The average Bonchev–Trinajstić information content (AvgIpc) is 2.70. The lowest BCUT2D eigenvalue weighted by Crippen LogP contribution is -2.05. The molecule has 5 heteroatoms. The molecule has 1 heterocycles. The van der Waals surface area contributed by atoms with E-state index in [2.05, 4.69) is 5.10 Å². The minimum absolute atomic E-state index is 0.0743. The molecule has 0 N–H and O–H groups in total. The summed E-state index contributed by atoms with van der Waals surface area (Å²) in [7, 11) is 1.77. The van der Waals surface area contributed by atoms with Crippen molar-refractivity contribution in [2.75, 3.05) is 0 Å². The first kappa shape index (κ1) is 12.1. The molecule has 3 nitrogen and oxygen atoms in total. The molecule has 0 atom stereocenters. The van der Waals surface area contributed by atoms with Crippen LogP contribution in [0.25, 0.3) is 0 Å². The number of aryl methyl sites for hydroxylation is 1. The van der Waals surface area contributed by atoms with Crippen LogP contribution in [-0.4, -0.2) is 15.6 Å². The van der Waals surface area contributed by atoms with E-state index < -0.39 is 0 Å². The predicted octanol–water partition coefficient (Wildman–Crippen LogP) is 3.15. The van der Waals surface area contributed by atoms with E-state index in [1.165, 1.54) is 0 Å². The van der Waals surface area contributed by atoms with Crippen LogP contribution in [0, 0.1) is 0 Å². The molecule has 0 unspecified atom stereocenters. The molecule has 0 radical (unpaired) electrons. The summed E-state index contributed by atoms with van der Waals surface area (Å²) in [6.07, 6.45) is 1.93. The van der Waals surface area contributed by atoms with Gasteiger partial charge in [-0.25, -0.2) is 0 Å². The molecule has 88 valence electrons. The van der Waals surface area contributed by atoms with E-state index in [0.717, 1.165) is 5.56 Å². The number of hydrogen-bond donors (Lipinski definition) is 0. The zero-order valence-electron chi connectivity index (χ0n) is 9.15. The Morgan fingerprint density at radius 2 is 2.12 bits per heavy atom. The van der Waals surface area contributed by atoms with Crippen molar-refractivity contribution in [1.29, 1.82) is 0 Å². The third-order valence-electron chi connectivity index (χ3n) is 2.36. The van der Waals surface area contributed by atoms with Crippen molar-refractivity contribution in [3.63, 3.8) is 0 Å². The maximum atomic E-state index is 11.9. The molecule has 1 aromatic heterocycles. The van der Waals surface area contributed by atoms with Gasteiger partial charge in [-0.15, -0.1) is 0 Å². The molecule has 2 rings (SSSR count). The Morgan fingerprint density at radius 3 is 2.76 bits per heavy atom. The summed E-state index contributed by atoms with van der Waals surface area (Å²) in [6.45, 7) is 0. The molecule has 0 amide bonds. The number of rotatable bonds is 3. The average molecular weight is 269 g/mol. The molecule has 0 saturated carbocycles. The molecule has 2 aromatic rings. The van der Waals surface area contributed by atoms with Gasteiger partial charge in [0.15, 0.2) is 5.78 Å². The molecule has 0 bridgehead atoms. The van der Waals surface area contributed by atoms with Gasteiger partial charge in [-0.2, -0.15) is 5.10 Å². The molecule has 1 aromatic carbocycles. The van der Waals surface area contributed by atoms with Crippen LogP contribution in [0.5, 0.6) is 0 Å². The van der Waals surface area contributed by atoms with E-state index in [0.29, 0.717) is 15.7 Å². The molecule has 0 aliphatic heterocycles. The molecule has 0 spiro atoms. The lowest BCUT2D eigenvalue weighted by atomic mass is 10.1. The number of carbonyl (C=O) groups is 1. The summed E-state index contributed by atoms with van der Waals surface area (Å²) in [5, 5.41) is 5.16. The molecule has 0 aliphatic carbocycles. The number of hydrogen-bond acceptors (Lipinski definition) is 2. The fraction of sp³-hybridized carbons (Fsp3) is 0.167. The second-order valence-electron chi connectivity index (χ2n) is 3.71. The maximum absolute atomic E-state index is 11.9. The Bertz CT molecular complexity index is 563. The number of halogens is 2. The summed E-state index contributed by atoms with van der Waals surface area (Å²) in [4.78, 5) is 11.9. The van der Waals surface area contributed by atoms with Crippen molar-refractivity contribution in [2.45, 2.75) is 6.42 Å². The van der Waals surface area contributed by atoms with Crippen molar-refractivity contribution in [2.24, 2.45) is 7.05 Å². The first-order chi connectivity index (χ1) is 8.06. The summed E-state index contributed by atoms with van der Waals surface area (Å²) < 4.78 is 1.59. The summed E-state index contributed by atoms with van der Waals surface area (Å²) in [5.41, 5.74) is 1.15. The molecule has 0 aliphatic rings. The highest BCUT2D eigenvalue weighted by molar-refractivity contribution is 6.33. The second kappa shape index (κ2) is 4.90. The fourth-order valence-electron chi connectivity index (χ4n) is 1.51. The third kappa shape index (κ3) is 2.87. The summed E-state index contributed by atoms with van der Waals surface area (Å²) >= 11 is 11.9. The van der Waals surface area contributed by atoms with E-state index in [1.54, 1.807) is 42.2 Å². The van der Waals surface area contributed by atoms with Crippen LogP contribution in [0.4, 0.5) is 0 Å². The van der Waals surface area contributed by atoms with Crippen molar-refractivity contribution >= 4 is 29.0 Å².